The number of carbonyl (C=O) groups is 1. The summed E-state index contributed by atoms with van der Waals surface area (Å²) in [6.07, 6.45) is 3.56. The largest absolute Gasteiger partial charge is 0.476 e. The highest BCUT2D eigenvalue weighted by Crippen LogP contribution is 2.20. The Morgan fingerprint density at radius 3 is 2.64 bits per heavy atom. The average molecular weight is 366 g/mol. The number of halogens is 1. The molecule has 0 spiro atoms. The number of nitrogens with one attached hydrogen (secondary N) is 1. The number of carbonyl (C=O) groups excluding carboxylic acids is 1. The van der Waals surface area contributed by atoms with Crippen molar-refractivity contribution in [1.82, 2.24) is 9.78 Å². The molecule has 2 rings (SSSR count). The van der Waals surface area contributed by atoms with Gasteiger partial charge in [0.15, 0.2) is 0 Å². The number of hydrogen-bond acceptors (Lipinski definition) is 3. The molecular weight excluding hydrogens is 346 g/mol. The third-order valence-electron chi connectivity index (χ3n) is 2.97. The Morgan fingerprint density at radius 2 is 2.00 bits per heavy atom. The molecule has 0 bridgehead atoms. The van der Waals surface area contributed by atoms with Crippen LogP contribution in [0.25, 0.3) is 0 Å². The summed E-state index contributed by atoms with van der Waals surface area (Å²) in [7, 11) is 0. The zero-order chi connectivity index (χ0) is 15.9. The standard InChI is InChI=1S/C16H20BrN3O2/c1-3-9-20-11-14(16(19-20)22-10-4-2)15(21)18-13-7-5-12(17)6-8-13/h5-8,11H,3-4,9-10H2,1-2H3,(H,18,21). The number of ether oxygens (including phenoxy) is 1. The maximum Gasteiger partial charge on any atom is 0.262 e. The van der Waals surface area contributed by atoms with E-state index in [1.807, 2.05) is 31.2 Å². The molecular formula is C16H20BrN3O2. The summed E-state index contributed by atoms with van der Waals surface area (Å²) in [4.78, 5) is 12.4. The van der Waals surface area contributed by atoms with Gasteiger partial charge in [-0.15, -0.1) is 5.10 Å². The van der Waals surface area contributed by atoms with E-state index in [2.05, 4.69) is 33.3 Å². The molecule has 1 amide bonds. The summed E-state index contributed by atoms with van der Waals surface area (Å²) in [5, 5.41) is 7.20. The van der Waals surface area contributed by atoms with Crippen LogP contribution in [-0.2, 0) is 6.54 Å². The first-order valence-electron chi connectivity index (χ1n) is 7.41. The number of aryl methyl sites for hydroxylation is 1. The van der Waals surface area contributed by atoms with Crippen molar-refractivity contribution in [3.63, 3.8) is 0 Å². The SMILES string of the molecule is CCCOc1nn(CCC)cc1C(=O)Nc1ccc(Br)cc1. The van der Waals surface area contributed by atoms with Gasteiger partial charge in [0.25, 0.3) is 5.91 Å². The lowest BCUT2D eigenvalue weighted by Crippen LogP contribution is -2.13. The van der Waals surface area contributed by atoms with E-state index in [-0.39, 0.29) is 5.91 Å². The molecule has 5 nitrogen and oxygen atoms in total. The first-order valence-corrected chi connectivity index (χ1v) is 8.20. The molecule has 0 fully saturated rings. The van der Waals surface area contributed by atoms with E-state index in [0.717, 1.165) is 29.5 Å². The lowest BCUT2D eigenvalue weighted by Gasteiger charge is -2.06. The van der Waals surface area contributed by atoms with Crippen LogP contribution < -0.4 is 10.1 Å². The second-order valence-electron chi connectivity index (χ2n) is 4.92. The molecule has 1 aromatic heterocycles. The Hall–Kier alpha value is -1.82. The summed E-state index contributed by atoms with van der Waals surface area (Å²) in [5.41, 5.74) is 1.20. The van der Waals surface area contributed by atoms with Crippen LogP contribution in [0.15, 0.2) is 34.9 Å². The van der Waals surface area contributed by atoms with Crippen molar-refractivity contribution >= 4 is 27.5 Å². The summed E-state index contributed by atoms with van der Waals surface area (Å²) < 4.78 is 8.31. The molecule has 0 aliphatic carbocycles. The molecule has 2 aromatic rings. The van der Waals surface area contributed by atoms with Crippen LogP contribution in [0.5, 0.6) is 5.88 Å². The number of benzene rings is 1. The van der Waals surface area contributed by atoms with Crippen molar-refractivity contribution in [2.75, 3.05) is 11.9 Å². The molecule has 0 aliphatic rings. The molecule has 1 aromatic carbocycles. The van der Waals surface area contributed by atoms with Crippen molar-refractivity contribution in [3.05, 3.63) is 40.5 Å². The van der Waals surface area contributed by atoms with E-state index in [1.54, 1.807) is 10.9 Å². The summed E-state index contributed by atoms with van der Waals surface area (Å²) in [5.74, 6) is 0.181. The van der Waals surface area contributed by atoms with Gasteiger partial charge in [0, 0.05) is 22.9 Å². The lowest BCUT2D eigenvalue weighted by molar-refractivity contribution is 0.102. The topological polar surface area (TPSA) is 56.2 Å². The maximum absolute atomic E-state index is 12.4. The van der Waals surface area contributed by atoms with Crippen LogP contribution in [0.2, 0.25) is 0 Å². The molecule has 0 saturated heterocycles. The molecule has 0 saturated carbocycles. The van der Waals surface area contributed by atoms with Crippen LogP contribution >= 0.6 is 15.9 Å². The first kappa shape index (κ1) is 16.5. The molecule has 0 unspecified atom stereocenters. The Bertz CT molecular complexity index is 623. The van der Waals surface area contributed by atoms with Crippen molar-refractivity contribution < 1.29 is 9.53 Å². The molecule has 1 N–H and O–H groups in total. The van der Waals surface area contributed by atoms with E-state index in [4.69, 9.17) is 4.74 Å². The summed E-state index contributed by atoms with van der Waals surface area (Å²) >= 11 is 3.37. The number of amides is 1. The predicted molar refractivity (Wildman–Crippen MR) is 90.4 cm³/mol. The molecule has 6 heteroatoms. The van der Waals surface area contributed by atoms with E-state index in [0.29, 0.717) is 18.1 Å². The van der Waals surface area contributed by atoms with E-state index in [1.165, 1.54) is 0 Å². The zero-order valence-electron chi connectivity index (χ0n) is 12.8. The zero-order valence-corrected chi connectivity index (χ0v) is 14.4. The van der Waals surface area contributed by atoms with Gasteiger partial charge in [0.2, 0.25) is 5.88 Å². The van der Waals surface area contributed by atoms with Crippen LogP contribution in [0.3, 0.4) is 0 Å². The minimum Gasteiger partial charge on any atom is -0.476 e. The fourth-order valence-corrected chi connectivity index (χ4v) is 2.20. The lowest BCUT2D eigenvalue weighted by atomic mass is 10.2. The highest BCUT2D eigenvalue weighted by molar-refractivity contribution is 9.10. The number of anilines is 1. The third kappa shape index (κ3) is 4.34. The molecule has 0 radical (unpaired) electrons. The highest BCUT2D eigenvalue weighted by Gasteiger charge is 2.18. The van der Waals surface area contributed by atoms with Crippen molar-refractivity contribution in [3.8, 4) is 5.88 Å². The molecule has 1 heterocycles. The summed E-state index contributed by atoms with van der Waals surface area (Å²) in [6, 6.07) is 7.44. The van der Waals surface area contributed by atoms with Gasteiger partial charge in [0.05, 0.1) is 6.61 Å². The Labute approximate surface area is 138 Å². The van der Waals surface area contributed by atoms with Gasteiger partial charge in [-0.1, -0.05) is 29.8 Å². The van der Waals surface area contributed by atoms with Gasteiger partial charge in [-0.05, 0) is 37.1 Å². The van der Waals surface area contributed by atoms with Crippen molar-refractivity contribution in [2.45, 2.75) is 33.2 Å². The van der Waals surface area contributed by atoms with E-state index in [9.17, 15) is 4.79 Å². The average Bonchev–Trinajstić information content (AvgIpc) is 2.91. The Balaban J connectivity index is 2.17. The number of nitrogens with zero attached hydrogens (tertiary/aromatic N) is 2. The van der Waals surface area contributed by atoms with Crippen LogP contribution in [-0.4, -0.2) is 22.3 Å². The van der Waals surface area contributed by atoms with Gasteiger partial charge >= 0.3 is 0 Å². The fraction of sp³-hybridized carbons (Fsp3) is 0.375. The van der Waals surface area contributed by atoms with Gasteiger partial charge in [-0.3, -0.25) is 9.48 Å². The Kier molecular flexibility index (Phi) is 6.00. The highest BCUT2D eigenvalue weighted by atomic mass is 79.9. The van der Waals surface area contributed by atoms with Gasteiger partial charge in [-0.2, -0.15) is 0 Å². The van der Waals surface area contributed by atoms with Crippen LogP contribution in [0.4, 0.5) is 5.69 Å². The second kappa shape index (κ2) is 7.98. The smallest absolute Gasteiger partial charge is 0.262 e. The quantitative estimate of drug-likeness (QED) is 0.803. The maximum atomic E-state index is 12.4. The minimum absolute atomic E-state index is 0.212. The minimum atomic E-state index is -0.212. The normalized spacial score (nSPS) is 10.5. The van der Waals surface area contributed by atoms with E-state index < -0.39 is 0 Å². The predicted octanol–water partition coefficient (Wildman–Crippen LogP) is 4.10. The van der Waals surface area contributed by atoms with Crippen LogP contribution in [0, 0.1) is 0 Å². The van der Waals surface area contributed by atoms with Gasteiger partial charge < -0.3 is 10.1 Å². The van der Waals surface area contributed by atoms with Crippen molar-refractivity contribution in [2.24, 2.45) is 0 Å². The first-order chi connectivity index (χ1) is 10.6. The Morgan fingerprint density at radius 1 is 1.27 bits per heavy atom. The number of rotatable bonds is 7. The van der Waals surface area contributed by atoms with Gasteiger partial charge in [-0.25, -0.2) is 0 Å². The molecule has 0 atom stereocenters. The van der Waals surface area contributed by atoms with Crippen molar-refractivity contribution in [1.29, 1.82) is 0 Å². The monoisotopic (exact) mass is 365 g/mol. The fourth-order valence-electron chi connectivity index (χ4n) is 1.94. The summed E-state index contributed by atoms with van der Waals surface area (Å²) in [6.45, 7) is 5.39. The third-order valence-corrected chi connectivity index (χ3v) is 3.50. The molecule has 118 valence electrons. The molecule has 22 heavy (non-hydrogen) atoms. The number of aromatic nitrogens is 2. The van der Waals surface area contributed by atoms with Gasteiger partial charge in [0.1, 0.15) is 5.56 Å². The van der Waals surface area contributed by atoms with Crippen LogP contribution in [0.1, 0.15) is 37.0 Å². The molecule has 0 aliphatic heterocycles. The number of hydrogen-bond donors (Lipinski definition) is 1. The second-order valence-corrected chi connectivity index (χ2v) is 5.84. The van der Waals surface area contributed by atoms with E-state index >= 15 is 0 Å².